The number of nitrogens with zero attached hydrogens (tertiary/aromatic N) is 1. The van der Waals surface area contributed by atoms with Gasteiger partial charge < -0.3 is 11.1 Å². The number of nitrogens with one attached hydrogen (secondary N) is 1. The summed E-state index contributed by atoms with van der Waals surface area (Å²) in [5.41, 5.74) is 4.46. The number of nitrogens with two attached hydrogens (primary N) is 1. The van der Waals surface area contributed by atoms with E-state index < -0.39 is 23.7 Å². The Hall–Kier alpha value is -2.09. The van der Waals surface area contributed by atoms with Crippen LogP contribution in [0.2, 0.25) is 0 Å². The molecule has 2 unspecified atom stereocenters. The van der Waals surface area contributed by atoms with Gasteiger partial charge in [0.2, 0.25) is 11.8 Å². The van der Waals surface area contributed by atoms with E-state index in [0.717, 1.165) is 12.5 Å². The van der Waals surface area contributed by atoms with Crippen molar-refractivity contribution in [2.24, 2.45) is 11.7 Å². The number of carbonyl (C=O) groups is 2. The molecule has 8 heteroatoms. The fraction of sp³-hybridized carbons (Fsp3) is 0.529. The highest BCUT2D eigenvalue weighted by Gasteiger charge is 2.35. The molecule has 0 saturated carbocycles. The number of hydrogen-bond acceptors (Lipinski definition) is 3. The van der Waals surface area contributed by atoms with Crippen LogP contribution >= 0.6 is 0 Å². The first-order valence-electron chi connectivity index (χ1n) is 8.15. The molecule has 5 nitrogen and oxygen atoms in total. The van der Waals surface area contributed by atoms with Crippen molar-refractivity contribution < 1.29 is 22.8 Å². The number of rotatable bonds is 5. The summed E-state index contributed by atoms with van der Waals surface area (Å²) in [6, 6.07) is 4.45. The van der Waals surface area contributed by atoms with Crippen molar-refractivity contribution in [1.82, 2.24) is 10.2 Å². The van der Waals surface area contributed by atoms with Crippen LogP contribution in [-0.2, 0) is 15.8 Å². The maximum Gasteiger partial charge on any atom is 0.416 e. The molecule has 2 amide bonds. The molecule has 0 bridgehead atoms. The third kappa shape index (κ3) is 5.19. The van der Waals surface area contributed by atoms with Crippen LogP contribution in [0.3, 0.4) is 0 Å². The summed E-state index contributed by atoms with van der Waals surface area (Å²) in [4.78, 5) is 25.2. The second kappa shape index (κ2) is 7.86. The molecule has 1 heterocycles. The lowest BCUT2D eigenvalue weighted by Gasteiger charge is -2.32. The lowest BCUT2D eigenvalue weighted by molar-refractivity contribution is -0.139. The molecular weight excluding hydrogens is 335 g/mol. The quantitative estimate of drug-likeness (QED) is 0.847. The van der Waals surface area contributed by atoms with E-state index in [9.17, 15) is 22.8 Å². The van der Waals surface area contributed by atoms with Crippen molar-refractivity contribution in [3.8, 4) is 0 Å². The number of carbonyl (C=O) groups excluding carboxylic acids is 2. The first-order chi connectivity index (χ1) is 11.7. The van der Waals surface area contributed by atoms with E-state index >= 15 is 0 Å². The van der Waals surface area contributed by atoms with E-state index in [4.69, 9.17) is 5.73 Å². The summed E-state index contributed by atoms with van der Waals surface area (Å²) in [6.07, 6.45) is -3.10. The number of alkyl halides is 3. The molecule has 0 aromatic heterocycles. The van der Waals surface area contributed by atoms with Gasteiger partial charge in [-0.05, 0) is 37.9 Å². The summed E-state index contributed by atoms with van der Waals surface area (Å²) in [5.74, 6) is -1.14. The fourth-order valence-corrected chi connectivity index (χ4v) is 3.18. The van der Waals surface area contributed by atoms with Gasteiger partial charge in [-0.3, -0.25) is 14.5 Å². The monoisotopic (exact) mass is 357 g/mol. The van der Waals surface area contributed by atoms with E-state index in [0.29, 0.717) is 19.5 Å². The predicted molar refractivity (Wildman–Crippen MR) is 86.4 cm³/mol. The van der Waals surface area contributed by atoms with Crippen LogP contribution in [0.15, 0.2) is 24.3 Å². The Balaban J connectivity index is 2.04. The van der Waals surface area contributed by atoms with Gasteiger partial charge in [-0.2, -0.15) is 13.2 Å². The van der Waals surface area contributed by atoms with Gasteiger partial charge in [-0.1, -0.05) is 18.2 Å². The topological polar surface area (TPSA) is 75.4 Å². The average Bonchev–Trinajstić information content (AvgIpc) is 2.53. The molecule has 1 saturated heterocycles. The highest BCUT2D eigenvalue weighted by molar-refractivity contribution is 5.80. The molecule has 0 aliphatic carbocycles. The highest BCUT2D eigenvalue weighted by atomic mass is 19.4. The smallest absolute Gasteiger partial charge is 0.369 e. The minimum Gasteiger partial charge on any atom is -0.369 e. The Kier molecular flexibility index (Phi) is 6.05. The zero-order chi connectivity index (χ0) is 18.6. The van der Waals surface area contributed by atoms with Crippen LogP contribution in [0.4, 0.5) is 13.2 Å². The maximum absolute atomic E-state index is 13.1. The van der Waals surface area contributed by atoms with Crippen molar-refractivity contribution in [1.29, 1.82) is 0 Å². The summed E-state index contributed by atoms with van der Waals surface area (Å²) in [6.45, 7) is 2.67. The Morgan fingerprint density at radius 1 is 1.36 bits per heavy atom. The molecule has 1 aliphatic heterocycles. The van der Waals surface area contributed by atoms with E-state index in [1.165, 1.54) is 25.1 Å². The SMILES string of the molecule is CC(NC(=O)C1CCCN(CC(N)=O)C1)c1ccccc1C(F)(F)F. The normalized spacial score (nSPS) is 20.1. The zero-order valence-corrected chi connectivity index (χ0v) is 14.0. The summed E-state index contributed by atoms with van der Waals surface area (Å²) >= 11 is 0. The molecular formula is C17H22F3N3O2. The average molecular weight is 357 g/mol. The minimum absolute atomic E-state index is 0.0353. The van der Waals surface area contributed by atoms with E-state index in [1.54, 1.807) is 4.90 Å². The van der Waals surface area contributed by atoms with Gasteiger partial charge >= 0.3 is 6.18 Å². The summed E-state index contributed by atoms with van der Waals surface area (Å²) in [5, 5.41) is 2.67. The van der Waals surface area contributed by atoms with Crippen LogP contribution < -0.4 is 11.1 Å². The lowest BCUT2D eigenvalue weighted by atomic mass is 9.95. The van der Waals surface area contributed by atoms with Crippen molar-refractivity contribution in [3.63, 3.8) is 0 Å². The van der Waals surface area contributed by atoms with Crippen LogP contribution in [0, 0.1) is 5.92 Å². The Bertz CT molecular complexity index is 634. The standard InChI is InChI=1S/C17H22F3N3O2/c1-11(13-6-2-3-7-14(13)17(18,19)20)22-16(25)12-5-4-8-23(9-12)10-15(21)24/h2-3,6-7,11-12H,4-5,8-10H2,1H3,(H2,21,24)(H,22,25). The molecule has 2 atom stereocenters. The Morgan fingerprint density at radius 2 is 2.04 bits per heavy atom. The Morgan fingerprint density at radius 3 is 2.68 bits per heavy atom. The largest absolute Gasteiger partial charge is 0.416 e. The number of piperidine rings is 1. The van der Waals surface area contributed by atoms with Gasteiger partial charge in [0.15, 0.2) is 0 Å². The number of primary amides is 1. The molecule has 2 rings (SSSR count). The van der Waals surface area contributed by atoms with Crippen LogP contribution in [-0.4, -0.2) is 36.3 Å². The van der Waals surface area contributed by atoms with Gasteiger partial charge in [0.25, 0.3) is 0 Å². The number of likely N-dealkylation sites (tertiary alicyclic amines) is 1. The maximum atomic E-state index is 13.1. The molecule has 138 valence electrons. The van der Waals surface area contributed by atoms with Crippen molar-refractivity contribution in [2.75, 3.05) is 19.6 Å². The molecule has 25 heavy (non-hydrogen) atoms. The third-order valence-corrected chi connectivity index (χ3v) is 4.35. The van der Waals surface area contributed by atoms with Crippen molar-refractivity contribution in [2.45, 2.75) is 32.0 Å². The number of benzene rings is 1. The molecule has 1 fully saturated rings. The fourth-order valence-electron chi connectivity index (χ4n) is 3.18. The molecule has 0 spiro atoms. The minimum atomic E-state index is -4.47. The van der Waals surface area contributed by atoms with Crippen LogP contribution in [0.1, 0.15) is 36.9 Å². The van der Waals surface area contributed by atoms with Crippen LogP contribution in [0.25, 0.3) is 0 Å². The molecule has 3 N–H and O–H groups in total. The molecule has 1 aromatic rings. The second-order valence-corrected chi connectivity index (χ2v) is 6.36. The number of amides is 2. The molecule has 1 aromatic carbocycles. The third-order valence-electron chi connectivity index (χ3n) is 4.35. The van der Waals surface area contributed by atoms with Crippen LogP contribution in [0.5, 0.6) is 0 Å². The van der Waals surface area contributed by atoms with Gasteiger partial charge in [-0.15, -0.1) is 0 Å². The van der Waals surface area contributed by atoms with E-state index in [2.05, 4.69) is 5.32 Å². The lowest BCUT2D eigenvalue weighted by Crippen LogP contribution is -2.46. The molecule has 1 aliphatic rings. The van der Waals surface area contributed by atoms with Gasteiger partial charge in [0, 0.05) is 6.54 Å². The summed E-state index contributed by atoms with van der Waals surface area (Å²) < 4.78 is 39.3. The molecule has 0 radical (unpaired) electrons. The number of hydrogen-bond donors (Lipinski definition) is 2. The Labute approximate surface area is 144 Å². The first kappa shape index (κ1) is 19.2. The second-order valence-electron chi connectivity index (χ2n) is 6.36. The predicted octanol–water partition coefficient (Wildman–Crippen LogP) is 2.08. The zero-order valence-electron chi connectivity index (χ0n) is 14.0. The van der Waals surface area contributed by atoms with E-state index in [-0.39, 0.29) is 23.9 Å². The van der Waals surface area contributed by atoms with Crippen molar-refractivity contribution >= 4 is 11.8 Å². The highest BCUT2D eigenvalue weighted by Crippen LogP contribution is 2.34. The van der Waals surface area contributed by atoms with Gasteiger partial charge in [0.05, 0.1) is 24.1 Å². The van der Waals surface area contributed by atoms with Gasteiger partial charge in [0.1, 0.15) is 0 Å². The number of halogens is 3. The summed E-state index contributed by atoms with van der Waals surface area (Å²) in [7, 11) is 0. The first-order valence-corrected chi connectivity index (χ1v) is 8.15. The van der Waals surface area contributed by atoms with Crippen molar-refractivity contribution in [3.05, 3.63) is 35.4 Å². The van der Waals surface area contributed by atoms with Gasteiger partial charge in [-0.25, -0.2) is 0 Å². The van der Waals surface area contributed by atoms with E-state index in [1.807, 2.05) is 0 Å².